The van der Waals surface area contributed by atoms with Crippen LogP contribution < -0.4 is 10.1 Å². The van der Waals surface area contributed by atoms with Crippen molar-refractivity contribution in [2.24, 2.45) is 0 Å². The molecule has 1 aromatic carbocycles. The van der Waals surface area contributed by atoms with Crippen molar-refractivity contribution in [2.75, 3.05) is 13.1 Å². The van der Waals surface area contributed by atoms with E-state index < -0.39 is 5.60 Å². The van der Waals surface area contributed by atoms with Crippen LogP contribution in [-0.4, -0.2) is 18.7 Å². The number of nitrogens with one attached hydrogen (secondary N) is 1. The summed E-state index contributed by atoms with van der Waals surface area (Å²) < 4.78 is 19.2. The Morgan fingerprint density at radius 3 is 2.69 bits per heavy atom. The molecular formula is C13H20FNO. The third-order valence-corrected chi connectivity index (χ3v) is 2.27. The second-order valence-electron chi connectivity index (χ2n) is 4.58. The normalized spacial score (nSPS) is 11.6. The smallest absolute Gasteiger partial charge is 0.165 e. The molecule has 90 valence electrons. The lowest BCUT2D eigenvalue weighted by Gasteiger charge is -2.27. The van der Waals surface area contributed by atoms with Crippen LogP contribution in [0.5, 0.6) is 5.75 Å². The van der Waals surface area contributed by atoms with Crippen molar-refractivity contribution in [3.8, 4) is 5.75 Å². The van der Waals surface area contributed by atoms with E-state index in [1.807, 2.05) is 27.7 Å². The highest BCUT2D eigenvalue weighted by Crippen LogP contribution is 2.23. The summed E-state index contributed by atoms with van der Waals surface area (Å²) in [5.41, 5.74) is 0.584. The molecule has 0 aliphatic carbocycles. The van der Waals surface area contributed by atoms with Crippen LogP contribution in [0.2, 0.25) is 0 Å². The third kappa shape index (κ3) is 3.81. The van der Waals surface area contributed by atoms with Gasteiger partial charge in [0.2, 0.25) is 0 Å². The molecule has 0 heterocycles. The van der Waals surface area contributed by atoms with Crippen molar-refractivity contribution >= 4 is 0 Å². The van der Waals surface area contributed by atoms with Crippen LogP contribution >= 0.6 is 0 Å². The summed E-state index contributed by atoms with van der Waals surface area (Å²) in [5.74, 6) is 0.0121. The number of hydrogen-bond acceptors (Lipinski definition) is 2. The van der Waals surface area contributed by atoms with Crippen LogP contribution in [0.15, 0.2) is 18.2 Å². The molecule has 1 N–H and O–H groups in total. The number of aryl methyl sites for hydroxylation is 1. The van der Waals surface area contributed by atoms with Gasteiger partial charge in [0.25, 0.3) is 0 Å². The molecule has 0 bridgehead atoms. The molecule has 0 radical (unpaired) electrons. The first-order valence-corrected chi connectivity index (χ1v) is 5.60. The first-order valence-electron chi connectivity index (χ1n) is 5.60. The van der Waals surface area contributed by atoms with Crippen LogP contribution in [0.3, 0.4) is 0 Å². The van der Waals surface area contributed by atoms with Crippen molar-refractivity contribution in [1.29, 1.82) is 0 Å². The van der Waals surface area contributed by atoms with Crippen LogP contribution in [0.25, 0.3) is 0 Å². The summed E-state index contributed by atoms with van der Waals surface area (Å²) in [6.45, 7) is 9.40. The molecule has 0 aromatic heterocycles. The maximum atomic E-state index is 13.5. The second kappa shape index (κ2) is 5.30. The number of likely N-dealkylation sites (N-methyl/N-ethyl adjacent to an activating group) is 1. The molecule has 16 heavy (non-hydrogen) atoms. The molecule has 0 fully saturated rings. The molecule has 1 rings (SSSR count). The van der Waals surface area contributed by atoms with Gasteiger partial charge in [-0.25, -0.2) is 4.39 Å². The van der Waals surface area contributed by atoms with Gasteiger partial charge in [-0.1, -0.05) is 13.0 Å². The number of ether oxygens (including phenoxy) is 1. The Morgan fingerprint density at radius 1 is 1.38 bits per heavy atom. The Bertz CT molecular complexity index is 350. The van der Waals surface area contributed by atoms with E-state index in [2.05, 4.69) is 5.32 Å². The average Bonchev–Trinajstić information content (AvgIpc) is 2.20. The first-order chi connectivity index (χ1) is 7.44. The van der Waals surface area contributed by atoms with Gasteiger partial charge in [0.15, 0.2) is 11.6 Å². The van der Waals surface area contributed by atoms with E-state index in [1.54, 1.807) is 12.1 Å². The third-order valence-electron chi connectivity index (χ3n) is 2.27. The van der Waals surface area contributed by atoms with E-state index in [4.69, 9.17) is 4.74 Å². The number of benzene rings is 1. The summed E-state index contributed by atoms with van der Waals surface area (Å²) in [5, 5.41) is 3.20. The standard InChI is InChI=1S/C13H20FNO/c1-5-15-9-13(3,4)16-12-8-10(2)6-7-11(12)14/h6-8,15H,5,9H2,1-4H3. The van der Waals surface area contributed by atoms with E-state index in [-0.39, 0.29) is 5.82 Å². The molecule has 0 aliphatic heterocycles. The molecule has 2 nitrogen and oxygen atoms in total. The fraction of sp³-hybridized carbons (Fsp3) is 0.538. The number of hydrogen-bond donors (Lipinski definition) is 1. The van der Waals surface area contributed by atoms with Gasteiger partial charge in [-0.15, -0.1) is 0 Å². The van der Waals surface area contributed by atoms with E-state index in [9.17, 15) is 4.39 Å². The van der Waals surface area contributed by atoms with Crippen molar-refractivity contribution in [3.63, 3.8) is 0 Å². The zero-order chi connectivity index (χ0) is 12.2. The zero-order valence-electron chi connectivity index (χ0n) is 10.4. The minimum Gasteiger partial charge on any atom is -0.483 e. The molecule has 0 unspecified atom stereocenters. The number of rotatable bonds is 5. The SMILES string of the molecule is CCNCC(C)(C)Oc1cc(C)ccc1F. The Morgan fingerprint density at radius 2 is 2.06 bits per heavy atom. The van der Waals surface area contributed by atoms with Gasteiger partial charge in [-0.3, -0.25) is 0 Å². The molecule has 0 saturated carbocycles. The van der Waals surface area contributed by atoms with Gasteiger partial charge in [0, 0.05) is 6.54 Å². The summed E-state index contributed by atoms with van der Waals surface area (Å²) in [7, 11) is 0. The molecule has 0 atom stereocenters. The van der Waals surface area contributed by atoms with Crippen molar-refractivity contribution in [2.45, 2.75) is 33.3 Å². The predicted molar refractivity (Wildman–Crippen MR) is 64.4 cm³/mol. The highest BCUT2D eigenvalue weighted by atomic mass is 19.1. The van der Waals surface area contributed by atoms with Crippen molar-refractivity contribution in [1.82, 2.24) is 5.32 Å². The maximum Gasteiger partial charge on any atom is 0.165 e. The van der Waals surface area contributed by atoms with Gasteiger partial charge in [0.1, 0.15) is 5.60 Å². The van der Waals surface area contributed by atoms with Gasteiger partial charge in [-0.2, -0.15) is 0 Å². The van der Waals surface area contributed by atoms with Crippen LogP contribution in [0.1, 0.15) is 26.3 Å². The molecule has 1 aromatic rings. The average molecular weight is 225 g/mol. The molecule has 0 saturated heterocycles. The van der Waals surface area contributed by atoms with Gasteiger partial charge in [0.05, 0.1) is 0 Å². The summed E-state index contributed by atoms with van der Waals surface area (Å²) in [6.07, 6.45) is 0. The van der Waals surface area contributed by atoms with Crippen LogP contribution in [-0.2, 0) is 0 Å². The largest absolute Gasteiger partial charge is 0.483 e. The first kappa shape index (κ1) is 13.0. The highest BCUT2D eigenvalue weighted by Gasteiger charge is 2.20. The molecule has 3 heteroatoms. The minimum atomic E-state index is -0.412. The molecule has 0 aliphatic rings. The monoisotopic (exact) mass is 225 g/mol. The Balaban J connectivity index is 2.74. The van der Waals surface area contributed by atoms with Gasteiger partial charge < -0.3 is 10.1 Å². The highest BCUT2D eigenvalue weighted by molar-refractivity contribution is 5.30. The lowest BCUT2D eigenvalue weighted by Crippen LogP contribution is -2.40. The van der Waals surface area contributed by atoms with Gasteiger partial charge >= 0.3 is 0 Å². The lowest BCUT2D eigenvalue weighted by atomic mass is 10.1. The van der Waals surface area contributed by atoms with Crippen LogP contribution in [0, 0.1) is 12.7 Å². The second-order valence-corrected chi connectivity index (χ2v) is 4.58. The maximum absolute atomic E-state index is 13.5. The van der Waals surface area contributed by atoms with Gasteiger partial charge in [-0.05, 0) is 45.0 Å². The zero-order valence-corrected chi connectivity index (χ0v) is 10.4. The number of halogens is 1. The van der Waals surface area contributed by atoms with E-state index >= 15 is 0 Å². The fourth-order valence-corrected chi connectivity index (χ4v) is 1.45. The fourth-order valence-electron chi connectivity index (χ4n) is 1.45. The minimum absolute atomic E-state index is 0.310. The quantitative estimate of drug-likeness (QED) is 0.832. The van der Waals surface area contributed by atoms with E-state index in [0.717, 1.165) is 12.1 Å². The predicted octanol–water partition coefficient (Wildman–Crippen LogP) is 2.90. The Hall–Kier alpha value is -1.09. The summed E-state index contributed by atoms with van der Waals surface area (Å²) in [4.78, 5) is 0. The van der Waals surface area contributed by atoms with Crippen molar-refractivity contribution in [3.05, 3.63) is 29.6 Å². The Kier molecular flexibility index (Phi) is 4.30. The summed E-state index contributed by atoms with van der Waals surface area (Å²) in [6, 6.07) is 4.90. The van der Waals surface area contributed by atoms with Crippen LogP contribution in [0.4, 0.5) is 4.39 Å². The molecule has 0 amide bonds. The molecular weight excluding hydrogens is 205 g/mol. The molecule has 0 spiro atoms. The lowest BCUT2D eigenvalue weighted by molar-refractivity contribution is 0.103. The van der Waals surface area contributed by atoms with E-state index in [0.29, 0.717) is 12.3 Å². The van der Waals surface area contributed by atoms with Crippen molar-refractivity contribution < 1.29 is 9.13 Å². The van der Waals surface area contributed by atoms with E-state index in [1.165, 1.54) is 6.07 Å². The topological polar surface area (TPSA) is 21.3 Å². The Labute approximate surface area is 96.8 Å². The summed E-state index contributed by atoms with van der Waals surface area (Å²) >= 11 is 0.